The number of hydrogen-bond donors (Lipinski definition) is 0. The Morgan fingerprint density at radius 3 is 0.433 bits per heavy atom. The van der Waals surface area contributed by atoms with Crippen molar-refractivity contribution in [2.75, 3.05) is 0 Å². The van der Waals surface area contributed by atoms with Gasteiger partial charge in [0.2, 0.25) is 0 Å². The van der Waals surface area contributed by atoms with Gasteiger partial charge in [0.1, 0.15) is 0 Å². The van der Waals surface area contributed by atoms with Crippen LogP contribution in [-0.4, -0.2) is 156 Å². The first-order valence-electron chi connectivity index (χ1n) is 3.67. The van der Waals surface area contributed by atoms with Gasteiger partial charge in [0.25, 0.3) is 0 Å². The summed E-state index contributed by atoms with van der Waals surface area (Å²) in [6.45, 7) is 0. The SMILES string of the molecule is O=C([O-])[O-].O=C([O-])[O-].O=C([O-])[O-].O=[Si]([O-])[O-].O=[Si]([O-])[O-].O=[Si]([O-])[O-].[Al+3].[Al+3].[Ca+2].[Ca+2].[Na+].[Na+]. The molecular formula is C3Al2Ca2Na2O18Si3. The average molecular weight is 588 g/mol. The topological polar surface area (TPSA) is 379 Å². The Kier molecular flexibility index (Phi) is 179. The summed E-state index contributed by atoms with van der Waals surface area (Å²) in [5.74, 6) is 0. The third-order valence-corrected chi connectivity index (χ3v) is 0. The quantitative estimate of drug-likeness (QED) is 0.237. The van der Waals surface area contributed by atoms with Crippen LogP contribution in [0.2, 0.25) is 0 Å². The first-order chi connectivity index (χ1) is 10.4. The van der Waals surface area contributed by atoms with E-state index in [0.29, 0.717) is 0 Å². The molecule has 0 saturated carbocycles. The maximum absolute atomic E-state index is 8.52. The monoisotopic (exact) mass is 588 g/mol. The summed E-state index contributed by atoms with van der Waals surface area (Å²) in [7, 11) is -10.9. The zero-order valence-corrected chi connectivity index (χ0v) is 28.6. The first-order valence-corrected chi connectivity index (χ1v) is 7.35. The minimum Gasteiger partial charge on any atom is -0.672 e. The van der Waals surface area contributed by atoms with Crippen molar-refractivity contribution in [2.24, 2.45) is 0 Å². The van der Waals surface area contributed by atoms with E-state index in [4.69, 9.17) is 87.2 Å². The summed E-state index contributed by atoms with van der Waals surface area (Å²) in [5, 5.41) is 50.0. The number of carbonyl (C=O) groups excluding carboxylic acids is 3. The van der Waals surface area contributed by atoms with Crippen molar-refractivity contribution in [3.63, 3.8) is 0 Å². The zero-order chi connectivity index (χ0) is 21.5. The molecule has 0 aliphatic carbocycles. The Balaban J connectivity index is -0.0000000125. The fraction of sp³-hybridized carbons (Fsp3) is 0. The van der Waals surface area contributed by atoms with E-state index < -0.39 is 46.0 Å². The second-order valence-electron chi connectivity index (χ2n) is 1.50. The van der Waals surface area contributed by atoms with E-state index in [1.807, 2.05) is 0 Å². The molecule has 0 aliphatic heterocycles. The van der Waals surface area contributed by atoms with E-state index in [1.165, 1.54) is 0 Å². The Bertz CT molecular complexity index is 288. The molecule has 0 aromatic heterocycles. The van der Waals surface area contributed by atoms with E-state index in [0.717, 1.165) is 0 Å². The first kappa shape index (κ1) is 76.8. The Morgan fingerprint density at radius 1 is 0.433 bits per heavy atom. The number of carboxylic acid groups (broad SMARTS) is 6. The molecule has 0 rings (SSSR count). The van der Waals surface area contributed by atoms with Gasteiger partial charge in [-0.25, -0.2) is 0 Å². The molecule has 0 atom stereocenters. The van der Waals surface area contributed by atoms with Crippen molar-refractivity contribution in [1.29, 1.82) is 0 Å². The molecule has 0 unspecified atom stereocenters. The molecule has 0 radical (unpaired) electrons. The summed E-state index contributed by atoms with van der Waals surface area (Å²) in [6, 6.07) is 0. The standard InChI is InChI=1S/3CH2O3.2Al.2Ca.2Na.3O3Si/c3*2-1(3)4;;;;;;;3*1-4(2)3/h3*(H2,2,3,4);;;;;;;;;/q;;;2*+3;2*+2;2*+1;3*-2/p-6. The van der Waals surface area contributed by atoms with Gasteiger partial charge in [-0.15, -0.1) is 0 Å². The summed E-state index contributed by atoms with van der Waals surface area (Å²) in [4.78, 5) is 76.1. The van der Waals surface area contributed by atoms with Crippen LogP contribution in [0, 0.1) is 0 Å². The van der Waals surface area contributed by atoms with E-state index in [-0.39, 0.29) is 169 Å². The number of carbonyl (C=O) groups is 3. The van der Waals surface area contributed by atoms with Crippen molar-refractivity contribution in [3.8, 4) is 0 Å². The van der Waals surface area contributed by atoms with Crippen LogP contribution in [0.3, 0.4) is 0 Å². The molecule has 27 heteroatoms. The predicted octanol–water partition coefficient (Wildman–Crippen LogP) is -23.5. The van der Waals surface area contributed by atoms with Gasteiger partial charge in [-0.1, -0.05) is 0 Å². The van der Waals surface area contributed by atoms with Crippen molar-refractivity contribution >= 4 is 156 Å². The summed E-state index contributed by atoms with van der Waals surface area (Å²) in [6.07, 6.45) is -7.00. The summed E-state index contributed by atoms with van der Waals surface area (Å²) < 4.78 is 25.6. The second kappa shape index (κ2) is 69.7. The smallest absolute Gasteiger partial charge is 0.672 e. The molecule has 0 bridgehead atoms. The molecular weight excluding hydrogens is 588 g/mol. The third kappa shape index (κ3) is 5130. The molecule has 0 heterocycles. The minimum atomic E-state index is -3.63. The number of hydrogen-bond acceptors (Lipinski definition) is 18. The van der Waals surface area contributed by atoms with Gasteiger partial charge in [-0.2, -0.15) is 0 Å². The van der Waals surface area contributed by atoms with Crippen molar-refractivity contribution in [2.45, 2.75) is 0 Å². The third-order valence-electron chi connectivity index (χ3n) is 0. The van der Waals surface area contributed by atoms with E-state index >= 15 is 0 Å². The minimum absolute atomic E-state index is 0. The number of rotatable bonds is 0. The van der Waals surface area contributed by atoms with E-state index in [9.17, 15) is 0 Å². The normalized spacial score (nSPS) is 4.80. The second-order valence-corrected chi connectivity index (χ2v) is 3.00. The van der Waals surface area contributed by atoms with E-state index in [1.54, 1.807) is 0 Å². The predicted molar refractivity (Wildman–Crippen MR) is 58.5 cm³/mol. The Morgan fingerprint density at radius 2 is 0.433 bits per heavy atom. The largest absolute Gasteiger partial charge is 3.00 e. The van der Waals surface area contributed by atoms with Crippen LogP contribution in [-0.2, 0) is 13.4 Å². The molecule has 0 fully saturated rings. The molecule has 0 aromatic rings. The maximum Gasteiger partial charge on any atom is 3.00 e. The van der Waals surface area contributed by atoms with Crippen LogP contribution in [0.25, 0.3) is 0 Å². The Labute approximate surface area is 297 Å². The van der Waals surface area contributed by atoms with Gasteiger partial charge in [0.05, 0.1) is 0 Å². The molecule has 18 nitrogen and oxygen atoms in total. The molecule has 0 N–H and O–H groups in total. The molecule has 0 amide bonds. The average Bonchev–Trinajstić information content (AvgIpc) is 2.08. The van der Waals surface area contributed by atoms with Gasteiger partial charge in [0.15, 0.2) is 0 Å². The van der Waals surface area contributed by atoms with Crippen LogP contribution in [0.1, 0.15) is 0 Å². The molecule has 0 spiro atoms. The molecule has 144 valence electrons. The van der Waals surface area contributed by atoms with Gasteiger partial charge in [-0.3, -0.25) is 0 Å². The van der Waals surface area contributed by atoms with Crippen molar-refractivity contribution in [3.05, 3.63) is 0 Å². The van der Waals surface area contributed by atoms with Gasteiger partial charge < -0.3 is 87.2 Å². The van der Waals surface area contributed by atoms with Crippen LogP contribution in [0.5, 0.6) is 0 Å². The van der Waals surface area contributed by atoms with Crippen LogP contribution in [0.15, 0.2) is 0 Å². The molecule has 0 saturated heterocycles. The molecule has 30 heavy (non-hydrogen) atoms. The fourth-order valence-corrected chi connectivity index (χ4v) is 0. The van der Waals surface area contributed by atoms with Gasteiger partial charge >= 0.3 is 169 Å². The summed E-state index contributed by atoms with van der Waals surface area (Å²) >= 11 is 0. The fourth-order valence-electron chi connectivity index (χ4n) is 0. The zero-order valence-electron chi connectivity index (χ0n) is 14.9. The van der Waals surface area contributed by atoms with E-state index in [2.05, 4.69) is 0 Å². The summed E-state index contributed by atoms with van der Waals surface area (Å²) in [5.41, 5.74) is 0. The van der Waals surface area contributed by atoms with Gasteiger partial charge in [0, 0.05) is 27.5 Å². The maximum atomic E-state index is 8.52. The van der Waals surface area contributed by atoms with Crippen molar-refractivity contribution < 1.29 is 146 Å². The molecule has 0 aromatic carbocycles. The van der Waals surface area contributed by atoms with Crippen molar-refractivity contribution in [1.82, 2.24) is 0 Å². The van der Waals surface area contributed by atoms with Crippen LogP contribution < -0.4 is 119 Å². The Hall–Kier alpha value is 2.25. The van der Waals surface area contributed by atoms with Crippen LogP contribution >= 0.6 is 0 Å². The molecule has 0 aliphatic rings. The van der Waals surface area contributed by atoms with Crippen LogP contribution in [0.4, 0.5) is 14.4 Å². The van der Waals surface area contributed by atoms with Gasteiger partial charge in [-0.05, 0) is 18.5 Å².